The Morgan fingerprint density at radius 1 is 0.433 bits per heavy atom. The lowest BCUT2D eigenvalue weighted by atomic mass is 10.1. The zero-order valence-electron chi connectivity index (χ0n) is 17.9. The minimum atomic E-state index is -0.984. The zero-order chi connectivity index (χ0) is 22.7. The molecule has 3 aliphatic rings. The Labute approximate surface area is 173 Å². The maximum absolute atomic E-state index is 12.8. The predicted molar refractivity (Wildman–Crippen MR) is 100 cm³/mol. The third kappa shape index (κ3) is 2.97. The van der Waals surface area contributed by atoms with E-state index >= 15 is 0 Å². The maximum Gasteiger partial charge on any atom is 0.222 e. The van der Waals surface area contributed by atoms with Crippen molar-refractivity contribution in [1.29, 1.82) is 0 Å². The number of fused-ring (bicyclic) bond motifs is 2. The van der Waals surface area contributed by atoms with Crippen molar-refractivity contribution >= 4 is 35.4 Å². The molecule has 12 heteroatoms. The molecule has 3 saturated heterocycles. The summed E-state index contributed by atoms with van der Waals surface area (Å²) in [6, 6.07) is 0. The summed E-state index contributed by atoms with van der Waals surface area (Å²) in [6.45, 7) is 7.58. The van der Waals surface area contributed by atoms with Gasteiger partial charge in [0.1, 0.15) is 24.7 Å². The van der Waals surface area contributed by atoms with Gasteiger partial charge in [-0.25, -0.2) is 0 Å². The van der Waals surface area contributed by atoms with Crippen LogP contribution in [0.4, 0.5) is 0 Å². The summed E-state index contributed by atoms with van der Waals surface area (Å²) in [5.41, 5.74) is 0. The lowest BCUT2D eigenvalue weighted by Crippen LogP contribution is -2.76. The van der Waals surface area contributed by atoms with Gasteiger partial charge in [-0.3, -0.25) is 38.6 Å². The second kappa shape index (κ2) is 7.26. The Hall–Kier alpha value is -3.18. The van der Waals surface area contributed by atoms with Gasteiger partial charge in [-0.15, -0.1) is 0 Å². The number of nitrogens with zero attached hydrogens (tertiary/aromatic N) is 6. The van der Waals surface area contributed by atoms with Gasteiger partial charge in [-0.1, -0.05) is 0 Å². The molecule has 0 aromatic rings. The summed E-state index contributed by atoms with van der Waals surface area (Å²) in [7, 11) is 0. The second-order valence-electron chi connectivity index (χ2n) is 7.75. The Bertz CT molecular complexity index is 725. The summed E-state index contributed by atoms with van der Waals surface area (Å²) in [5.74, 6) is -2.46. The Kier molecular flexibility index (Phi) is 5.21. The van der Waals surface area contributed by atoms with Crippen molar-refractivity contribution in [3.8, 4) is 0 Å². The number of hydrogen-bond acceptors (Lipinski definition) is 6. The number of carbonyl (C=O) groups excluding carboxylic acids is 6. The number of amides is 6. The molecule has 0 saturated carbocycles. The van der Waals surface area contributed by atoms with E-state index < -0.39 is 60.1 Å². The van der Waals surface area contributed by atoms with E-state index in [9.17, 15) is 28.8 Å². The van der Waals surface area contributed by atoms with Crippen molar-refractivity contribution in [2.45, 2.75) is 66.2 Å². The lowest BCUT2D eigenvalue weighted by molar-refractivity contribution is -0.187. The smallest absolute Gasteiger partial charge is 0.222 e. The van der Waals surface area contributed by atoms with Gasteiger partial charge in [0.25, 0.3) is 0 Å². The first kappa shape index (κ1) is 21.5. The average Bonchev–Trinajstić information content (AvgIpc) is 3.18. The quantitative estimate of drug-likeness (QED) is 0.460. The molecule has 3 fully saturated rings. The van der Waals surface area contributed by atoms with E-state index in [2.05, 4.69) is 0 Å². The van der Waals surface area contributed by atoms with Gasteiger partial charge in [-0.05, 0) is 0 Å². The van der Waals surface area contributed by atoms with Crippen molar-refractivity contribution < 1.29 is 28.8 Å². The second-order valence-corrected chi connectivity index (χ2v) is 7.75. The van der Waals surface area contributed by atoms with Gasteiger partial charge < -0.3 is 19.6 Å². The average molecular weight is 422 g/mol. The first-order valence-electron chi connectivity index (χ1n) is 9.56. The van der Waals surface area contributed by atoms with E-state index in [1.807, 2.05) is 0 Å². The Morgan fingerprint density at radius 3 is 0.767 bits per heavy atom. The van der Waals surface area contributed by atoms with Crippen molar-refractivity contribution in [2.75, 3.05) is 13.3 Å². The fourth-order valence-electron chi connectivity index (χ4n) is 4.68. The molecule has 6 amide bonds. The highest BCUT2D eigenvalue weighted by molar-refractivity contribution is 5.85. The summed E-state index contributed by atoms with van der Waals surface area (Å²) >= 11 is 0. The van der Waals surface area contributed by atoms with E-state index in [0.29, 0.717) is 0 Å². The van der Waals surface area contributed by atoms with E-state index in [-0.39, 0.29) is 13.3 Å². The fraction of sp³-hybridized carbons (Fsp3) is 0.667. The van der Waals surface area contributed by atoms with Gasteiger partial charge in [0.15, 0.2) is 0 Å². The van der Waals surface area contributed by atoms with Crippen LogP contribution in [0, 0.1) is 0 Å². The summed E-state index contributed by atoms with van der Waals surface area (Å²) in [6.07, 6.45) is -3.93. The zero-order valence-corrected chi connectivity index (χ0v) is 17.9. The molecule has 4 unspecified atom stereocenters. The van der Waals surface area contributed by atoms with E-state index in [4.69, 9.17) is 0 Å². The molecular formula is C18H26N6O6. The van der Waals surface area contributed by atoms with E-state index in [1.165, 1.54) is 70.9 Å². The van der Waals surface area contributed by atoms with Crippen LogP contribution in [0.5, 0.6) is 0 Å². The molecule has 0 aromatic carbocycles. The van der Waals surface area contributed by atoms with Crippen molar-refractivity contribution in [3.05, 3.63) is 0 Å². The molecule has 12 nitrogen and oxygen atoms in total. The van der Waals surface area contributed by atoms with Crippen LogP contribution in [0.25, 0.3) is 0 Å². The molecule has 0 bridgehead atoms. The summed E-state index contributed by atoms with van der Waals surface area (Å²) in [5, 5.41) is 0. The van der Waals surface area contributed by atoms with Crippen LogP contribution in [0.3, 0.4) is 0 Å². The van der Waals surface area contributed by atoms with Gasteiger partial charge in [0.05, 0.1) is 13.3 Å². The molecule has 0 aliphatic carbocycles. The molecule has 4 atom stereocenters. The normalized spacial score (nSPS) is 27.8. The van der Waals surface area contributed by atoms with Gasteiger partial charge in [-0.2, -0.15) is 0 Å². The first-order chi connectivity index (χ1) is 13.9. The van der Waals surface area contributed by atoms with Crippen LogP contribution in [-0.2, 0) is 28.8 Å². The Balaban J connectivity index is 2.27. The molecule has 3 rings (SSSR count). The van der Waals surface area contributed by atoms with E-state index in [1.54, 1.807) is 0 Å². The minimum Gasteiger partial charge on any atom is -0.300 e. The highest BCUT2D eigenvalue weighted by Gasteiger charge is 2.64. The molecule has 164 valence electrons. The summed E-state index contributed by atoms with van der Waals surface area (Å²) < 4.78 is 0. The number of carbonyl (C=O) groups is 6. The van der Waals surface area contributed by atoms with Crippen LogP contribution < -0.4 is 0 Å². The van der Waals surface area contributed by atoms with Crippen LogP contribution in [0.15, 0.2) is 0 Å². The highest BCUT2D eigenvalue weighted by atomic mass is 16.2. The van der Waals surface area contributed by atoms with E-state index in [0.717, 1.165) is 0 Å². The lowest BCUT2D eigenvalue weighted by Gasteiger charge is -2.54. The number of piperazine rings is 1. The molecule has 0 N–H and O–H groups in total. The van der Waals surface area contributed by atoms with Gasteiger partial charge in [0.2, 0.25) is 35.4 Å². The first-order valence-corrected chi connectivity index (χ1v) is 9.56. The SMILES string of the molecule is CC(=O)N1CN(C(C)=O)C2C1N(C(C)=O)C1C(N(C(C)=O)CN1C(C)=O)N2C(C)=O. The molecule has 0 aromatic heterocycles. The standard InChI is InChI=1S/C18H26N6O6/c1-9(25)19-7-20(10(2)26)16-15(19)23(13(5)29)17-18(24(16)14(6)30)22(12(4)28)8-21(17)11(3)27/h15-18H,7-8H2,1-6H3. The highest BCUT2D eigenvalue weighted by Crippen LogP contribution is 2.41. The molecule has 3 aliphatic heterocycles. The number of rotatable bonds is 0. The van der Waals surface area contributed by atoms with Crippen LogP contribution in [0.1, 0.15) is 41.5 Å². The van der Waals surface area contributed by atoms with Crippen molar-refractivity contribution in [2.24, 2.45) is 0 Å². The topological polar surface area (TPSA) is 122 Å². The fourth-order valence-corrected chi connectivity index (χ4v) is 4.68. The van der Waals surface area contributed by atoms with Crippen LogP contribution in [0.2, 0.25) is 0 Å². The summed E-state index contributed by atoms with van der Waals surface area (Å²) in [4.78, 5) is 83.1. The molecule has 30 heavy (non-hydrogen) atoms. The maximum atomic E-state index is 12.8. The largest absolute Gasteiger partial charge is 0.300 e. The molecule has 0 spiro atoms. The monoisotopic (exact) mass is 422 g/mol. The minimum absolute atomic E-state index is 0.118. The Morgan fingerprint density at radius 2 is 0.633 bits per heavy atom. The van der Waals surface area contributed by atoms with Gasteiger partial charge in [0, 0.05) is 41.5 Å². The van der Waals surface area contributed by atoms with Crippen molar-refractivity contribution in [3.63, 3.8) is 0 Å². The molecule has 3 heterocycles. The molecular weight excluding hydrogens is 396 g/mol. The van der Waals surface area contributed by atoms with Crippen LogP contribution in [-0.4, -0.2) is 103 Å². The third-order valence-corrected chi connectivity index (χ3v) is 5.91. The van der Waals surface area contributed by atoms with Crippen molar-refractivity contribution in [1.82, 2.24) is 29.4 Å². The predicted octanol–water partition coefficient (Wildman–Crippen LogP) is -1.66. The number of hydrogen-bond donors (Lipinski definition) is 0. The third-order valence-electron chi connectivity index (χ3n) is 5.91. The van der Waals surface area contributed by atoms with Gasteiger partial charge >= 0.3 is 0 Å². The molecule has 0 radical (unpaired) electrons. The van der Waals surface area contributed by atoms with Crippen LogP contribution >= 0.6 is 0 Å².